The van der Waals surface area contributed by atoms with Crippen molar-refractivity contribution < 1.29 is 4.79 Å². The maximum absolute atomic E-state index is 11.6. The molecule has 14 heavy (non-hydrogen) atoms. The number of carbonyl (C=O) groups excluding carboxylic acids is 1. The van der Waals surface area contributed by atoms with Crippen LogP contribution in [0.15, 0.2) is 36.3 Å². The molecule has 1 aliphatic rings. The van der Waals surface area contributed by atoms with Crippen LogP contribution in [0.3, 0.4) is 0 Å². The largest absolute Gasteiger partial charge is 0.402 e. The summed E-state index contributed by atoms with van der Waals surface area (Å²) in [6, 6.07) is 7.40. The molecule has 0 saturated heterocycles. The smallest absolute Gasteiger partial charge is 0.258 e. The summed E-state index contributed by atoms with van der Waals surface area (Å²) in [4.78, 5) is 13.4. The second-order valence-electron chi connectivity index (χ2n) is 3.08. The number of carbonyl (C=O) groups is 1. The van der Waals surface area contributed by atoms with Crippen molar-refractivity contribution in [2.45, 2.75) is 0 Å². The zero-order valence-electron chi connectivity index (χ0n) is 7.82. The normalized spacial score (nSPS) is 17.9. The Morgan fingerprint density at radius 2 is 2.14 bits per heavy atom. The van der Waals surface area contributed by atoms with Gasteiger partial charge in [0.05, 0.1) is 11.3 Å². The highest BCUT2D eigenvalue weighted by molar-refractivity contribution is 6.03. The Kier molecular flexibility index (Phi) is 1.89. The van der Waals surface area contributed by atoms with Crippen LogP contribution in [-0.2, 0) is 0 Å². The number of hydrogen-bond donors (Lipinski definition) is 2. The summed E-state index contributed by atoms with van der Waals surface area (Å²) >= 11 is 0. The van der Waals surface area contributed by atoms with Gasteiger partial charge in [-0.2, -0.15) is 0 Å². The topological polar surface area (TPSA) is 58.4 Å². The van der Waals surface area contributed by atoms with Gasteiger partial charge in [-0.3, -0.25) is 4.79 Å². The SMILES string of the molecule is CN1/C(=C\N)NC(=O)c2ccccc21. The van der Waals surface area contributed by atoms with Crippen LogP contribution in [0.5, 0.6) is 0 Å². The summed E-state index contributed by atoms with van der Waals surface area (Å²) in [6.45, 7) is 0. The van der Waals surface area contributed by atoms with E-state index in [2.05, 4.69) is 5.32 Å². The van der Waals surface area contributed by atoms with Crippen LogP contribution in [0.4, 0.5) is 5.69 Å². The molecule has 1 aromatic rings. The van der Waals surface area contributed by atoms with E-state index in [-0.39, 0.29) is 5.91 Å². The standard InChI is InChI=1S/C10H11N3O/c1-13-8-5-3-2-4-7(8)10(14)12-9(13)6-11/h2-6H,11H2,1H3,(H,12,14)/b9-6-. The Balaban J connectivity index is 2.57. The van der Waals surface area contributed by atoms with E-state index in [1.807, 2.05) is 30.1 Å². The lowest BCUT2D eigenvalue weighted by Crippen LogP contribution is -2.39. The number of para-hydroxylation sites is 1. The summed E-state index contributed by atoms with van der Waals surface area (Å²) in [5.41, 5.74) is 6.93. The summed E-state index contributed by atoms with van der Waals surface area (Å²) in [5.74, 6) is 0.490. The van der Waals surface area contributed by atoms with Gasteiger partial charge in [0.25, 0.3) is 5.91 Å². The number of fused-ring (bicyclic) bond motifs is 1. The Hall–Kier alpha value is -1.97. The lowest BCUT2D eigenvalue weighted by molar-refractivity contribution is 0.0961. The van der Waals surface area contributed by atoms with Crippen molar-refractivity contribution in [2.24, 2.45) is 5.73 Å². The van der Waals surface area contributed by atoms with Crippen LogP contribution in [0.25, 0.3) is 0 Å². The van der Waals surface area contributed by atoms with E-state index in [0.717, 1.165) is 5.69 Å². The number of anilines is 1. The molecule has 2 rings (SSSR count). The van der Waals surface area contributed by atoms with E-state index in [4.69, 9.17) is 5.73 Å². The molecule has 1 amide bonds. The zero-order chi connectivity index (χ0) is 10.1. The molecule has 0 fully saturated rings. The van der Waals surface area contributed by atoms with Crippen molar-refractivity contribution >= 4 is 11.6 Å². The highest BCUT2D eigenvalue weighted by Crippen LogP contribution is 2.25. The summed E-state index contributed by atoms with van der Waals surface area (Å²) < 4.78 is 0. The Labute approximate surface area is 82.0 Å². The van der Waals surface area contributed by atoms with Crippen molar-refractivity contribution in [3.05, 3.63) is 41.8 Å². The molecule has 1 aromatic carbocycles. The van der Waals surface area contributed by atoms with Crippen molar-refractivity contribution in [3.63, 3.8) is 0 Å². The highest BCUT2D eigenvalue weighted by atomic mass is 16.2. The molecule has 0 aliphatic carbocycles. The fourth-order valence-corrected chi connectivity index (χ4v) is 1.51. The van der Waals surface area contributed by atoms with Gasteiger partial charge in [0, 0.05) is 13.2 Å². The van der Waals surface area contributed by atoms with Crippen LogP contribution in [-0.4, -0.2) is 13.0 Å². The van der Waals surface area contributed by atoms with Crippen LogP contribution in [0.2, 0.25) is 0 Å². The van der Waals surface area contributed by atoms with Crippen LogP contribution in [0.1, 0.15) is 10.4 Å². The van der Waals surface area contributed by atoms with Crippen molar-refractivity contribution in [1.29, 1.82) is 0 Å². The minimum Gasteiger partial charge on any atom is -0.402 e. The molecule has 72 valence electrons. The fourth-order valence-electron chi connectivity index (χ4n) is 1.51. The van der Waals surface area contributed by atoms with Crippen LogP contribution < -0.4 is 16.0 Å². The third kappa shape index (κ3) is 1.12. The van der Waals surface area contributed by atoms with Crippen LogP contribution in [0, 0.1) is 0 Å². The Bertz CT molecular complexity index is 412. The first-order valence-electron chi connectivity index (χ1n) is 4.30. The fraction of sp³-hybridized carbons (Fsp3) is 0.100. The van der Waals surface area contributed by atoms with Gasteiger partial charge in [0.2, 0.25) is 0 Å². The van der Waals surface area contributed by atoms with Gasteiger partial charge >= 0.3 is 0 Å². The molecule has 0 radical (unpaired) electrons. The summed E-state index contributed by atoms with van der Waals surface area (Å²) in [6.07, 6.45) is 1.38. The van der Waals surface area contributed by atoms with E-state index >= 15 is 0 Å². The average molecular weight is 189 g/mol. The van der Waals surface area contributed by atoms with Crippen LogP contribution >= 0.6 is 0 Å². The van der Waals surface area contributed by atoms with Gasteiger partial charge in [0.1, 0.15) is 5.82 Å². The molecule has 0 saturated carbocycles. The number of hydrogen-bond acceptors (Lipinski definition) is 3. The molecule has 0 unspecified atom stereocenters. The van der Waals surface area contributed by atoms with E-state index in [1.165, 1.54) is 6.20 Å². The van der Waals surface area contributed by atoms with E-state index in [1.54, 1.807) is 6.07 Å². The molecule has 0 spiro atoms. The second-order valence-corrected chi connectivity index (χ2v) is 3.08. The van der Waals surface area contributed by atoms with E-state index in [0.29, 0.717) is 11.4 Å². The maximum Gasteiger partial charge on any atom is 0.258 e. The lowest BCUT2D eigenvalue weighted by Gasteiger charge is -2.29. The monoisotopic (exact) mass is 189 g/mol. The second kappa shape index (κ2) is 3.06. The molecule has 3 N–H and O–H groups in total. The summed E-state index contributed by atoms with van der Waals surface area (Å²) in [7, 11) is 1.86. The third-order valence-corrected chi connectivity index (χ3v) is 2.27. The summed E-state index contributed by atoms with van der Waals surface area (Å²) in [5, 5.41) is 2.70. The zero-order valence-corrected chi connectivity index (χ0v) is 7.82. The number of amides is 1. The average Bonchev–Trinajstić information content (AvgIpc) is 2.23. The lowest BCUT2D eigenvalue weighted by atomic mass is 10.1. The highest BCUT2D eigenvalue weighted by Gasteiger charge is 2.22. The minimum absolute atomic E-state index is 0.115. The van der Waals surface area contributed by atoms with Gasteiger partial charge in [-0.25, -0.2) is 0 Å². The maximum atomic E-state index is 11.6. The first-order chi connectivity index (χ1) is 6.74. The third-order valence-electron chi connectivity index (χ3n) is 2.27. The van der Waals surface area contributed by atoms with E-state index < -0.39 is 0 Å². The number of nitrogens with two attached hydrogens (primary N) is 1. The predicted molar refractivity (Wildman–Crippen MR) is 54.6 cm³/mol. The predicted octanol–water partition coefficient (Wildman–Crippen LogP) is 0.624. The minimum atomic E-state index is -0.115. The first-order valence-corrected chi connectivity index (χ1v) is 4.30. The number of nitrogens with zero attached hydrogens (tertiary/aromatic N) is 1. The Morgan fingerprint density at radius 1 is 1.43 bits per heavy atom. The van der Waals surface area contributed by atoms with Crippen molar-refractivity contribution in [1.82, 2.24) is 5.32 Å². The molecule has 4 nitrogen and oxygen atoms in total. The number of benzene rings is 1. The van der Waals surface area contributed by atoms with Gasteiger partial charge in [-0.05, 0) is 12.1 Å². The molecule has 1 aliphatic heterocycles. The molecule has 4 heteroatoms. The quantitative estimate of drug-likeness (QED) is 0.629. The molecule has 0 atom stereocenters. The molecular weight excluding hydrogens is 178 g/mol. The van der Waals surface area contributed by atoms with Gasteiger partial charge in [-0.1, -0.05) is 12.1 Å². The van der Waals surface area contributed by atoms with Gasteiger partial charge in [-0.15, -0.1) is 0 Å². The molecule has 0 bridgehead atoms. The Morgan fingerprint density at radius 3 is 2.86 bits per heavy atom. The van der Waals surface area contributed by atoms with Crippen molar-refractivity contribution in [3.8, 4) is 0 Å². The van der Waals surface area contributed by atoms with Gasteiger partial charge in [0.15, 0.2) is 0 Å². The molecular formula is C10H11N3O. The first kappa shape index (κ1) is 8.62. The van der Waals surface area contributed by atoms with E-state index in [9.17, 15) is 4.79 Å². The van der Waals surface area contributed by atoms with Gasteiger partial charge < -0.3 is 16.0 Å². The molecule has 0 aromatic heterocycles. The number of rotatable bonds is 0. The number of nitrogens with one attached hydrogen (secondary N) is 1. The van der Waals surface area contributed by atoms with Crippen molar-refractivity contribution in [2.75, 3.05) is 11.9 Å². The molecule has 1 heterocycles.